The molecule has 5 nitrogen and oxygen atoms in total. The SMILES string of the molecule is CCc1cccc(NC(N)=NCC(O)c2ccc(OC(F)(F)F)cc2)c1.I. The molecular weight excluding hydrogens is 474 g/mol. The van der Waals surface area contributed by atoms with Crippen LogP contribution in [0.3, 0.4) is 0 Å². The quantitative estimate of drug-likeness (QED) is 0.319. The number of nitrogens with one attached hydrogen (secondary N) is 1. The molecule has 2 aromatic carbocycles. The number of aliphatic hydroxyl groups excluding tert-OH is 1. The highest BCUT2D eigenvalue weighted by Crippen LogP contribution is 2.24. The van der Waals surface area contributed by atoms with E-state index in [4.69, 9.17) is 5.73 Å². The minimum atomic E-state index is -4.75. The topological polar surface area (TPSA) is 79.9 Å². The minimum Gasteiger partial charge on any atom is -0.406 e. The number of ether oxygens (including phenoxy) is 1. The lowest BCUT2D eigenvalue weighted by atomic mass is 10.1. The van der Waals surface area contributed by atoms with Crippen LogP contribution in [0.5, 0.6) is 5.75 Å². The fourth-order valence-electron chi connectivity index (χ4n) is 2.24. The predicted octanol–water partition coefficient (Wildman–Crippen LogP) is 4.23. The van der Waals surface area contributed by atoms with Crippen LogP contribution >= 0.6 is 24.0 Å². The van der Waals surface area contributed by atoms with Gasteiger partial charge in [-0.15, -0.1) is 37.1 Å². The van der Waals surface area contributed by atoms with Crippen molar-refractivity contribution in [3.05, 3.63) is 59.7 Å². The van der Waals surface area contributed by atoms with Crippen molar-refractivity contribution in [2.45, 2.75) is 25.8 Å². The van der Waals surface area contributed by atoms with E-state index in [0.717, 1.165) is 29.8 Å². The maximum Gasteiger partial charge on any atom is 0.573 e. The van der Waals surface area contributed by atoms with Gasteiger partial charge in [-0.3, -0.25) is 4.99 Å². The van der Waals surface area contributed by atoms with Crippen LogP contribution in [0.25, 0.3) is 0 Å². The van der Waals surface area contributed by atoms with Crippen molar-refractivity contribution < 1.29 is 23.0 Å². The summed E-state index contributed by atoms with van der Waals surface area (Å²) in [7, 11) is 0. The number of hydrogen-bond donors (Lipinski definition) is 3. The molecule has 27 heavy (non-hydrogen) atoms. The number of aliphatic imine (C=N–C) groups is 1. The van der Waals surface area contributed by atoms with E-state index in [0.29, 0.717) is 5.56 Å². The first kappa shape index (κ1) is 23.0. The lowest BCUT2D eigenvalue weighted by molar-refractivity contribution is -0.274. The Hall–Kier alpha value is -2.01. The Labute approximate surface area is 172 Å². The number of nitrogens with two attached hydrogens (primary N) is 1. The van der Waals surface area contributed by atoms with E-state index in [1.54, 1.807) is 0 Å². The van der Waals surface area contributed by atoms with Crippen LogP contribution in [-0.4, -0.2) is 24.0 Å². The number of rotatable bonds is 6. The molecule has 1 atom stereocenters. The van der Waals surface area contributed by atoms with E-state index in [9.17, 15) is 18.3 Å². The van der Waals surface area contributed by atoms with Gasteiger partial charge in [-0.25, -0.2) is 0 Å². The summed E-state index contributed by atoms with van der Waals surface area (Å²) in [5.41, 5.74) is 8.13. The van der Waals surface area contributed by atoms with Crippen LogP contribution in [0.1, 0.15) is 24.2 Å². The number of anilines is 1. The largest absolute Gasteiger partial charge is 0.573 e. The Balaban J connectivity index is 0.00000364. The second-order valence-corrected chi connectivity index (χ2v) is 5.54. The van der Waals surface area contributed by atoms with Crippen LogP contribution in [0.4, 0.5) is 18.9 Å². The smallest absolute Gasteiger partial charge is 0.406 e. The molecule has 0 heterocycles. The van der Waals surface area contributed by atoms with Crippen molar-refractivity contribution in [3.8, 4) is 5.75 Å². The van der Waals surface area contributed by atoms with Crippen LogP contribution in [0.2, 0.25) is 0 Å². The highest BCUT2D eigenvalue weighted by Gasteiger charge is 2.31. The monoisotopic (exact) mass is 495 g/mol. The third kappa shape index (κ3) is 8.04. The molecule has 0 aliphatic rings. The van der Waals surface area contributed by atoms with Crippen molar-refractivity contribution in [1.82, 2.24) is 0 Å². The number of benzene rings is 2. The second-order valence-electron chi connectivity index (χ2n) is 5.54. The third-order valence-electron chi connectivity index (χ3n) is 3.54. The summed E-state index contributed by atoms with van der Waals surface area (Å²) in [6.07, 6.45) is -4.86. The number of halogens is 4. The minimum absolute atomic E-state index is 0. The Bertz CT molecular complexity index is 752. The molecule has 0 spiro atoms. The summed E-state index contributed by atoms with van der Waals surface area (Å²) in [6, 6.07) is 12.6. The normalized spacial score (nSPS) is 12.9. The fraction of sp³-hybridized carbons (Fsp3) is 0.278. The van der Waals surface area contributed by atoms with Gasteiger partial charge >= 0.3 is 6.36 Å². The summed E-state index contributed by atoms with van der Waals surface area (Å²) in [4.78, 5) is 4.06. The van der Waals surface area contributed by atoms with Gasteiger partial charge in [-0.05, 0) is 41.8 Å². The summed E-state index contributed by atoms with van der Waals surface area (Å²) >= 11 is 0. The molecule has 0 aliphatic heterocycles. The first-order valence-electron chi connectivity index (χ1n) is 7.96. The maximum atomic E-state index is 12.1. The molecule has 2 aromatic rings. The molecule has 0 aromatic heterocycles. The van der Waals surface area contributed by atoms with E-state index in [2.05, 4.69) is 15.0 Å². The van der Waals surface area contributed by atoms with Gasteiger partial charge in [-0.2, -0.15) is 0 Å². The molecule has 4 N–H and O–H groups in total. The van der Waals surface area contributed by atoms with E-state index in [1.807, 2.05) is 31.2 Å². The van der Waals surface area contributed by atoms with Crippen LogP contribution in [0.15, 0.2) is 53.5 Å². The van der Waals surface area contributed by atoms with Crippen molar-refractivity contribution in [3.63, 3.8) is 0 Å². The molecule has 0 saturated carbocycles. The maximum absolute atomic E-state index is 12.1. The first-order chi connectivity index (χ1) is 12.3. The molecule has 0 bridgehead atoms. The highest BCUT2D eigenvalue weighted by molar-refractivity contribution is 14.0. The number of guanidine groups is 1. The number of alkyl halides is 3. The van der Waals surface area contributed by atoms with Gasteiger partial charge in [0.1, 0.15) is 5.75 Å². The van der Waals surface area contributed by atoms with E-state index >= 15 is 0 Å². The fourth-order valence-corrected chi connectivity index (χ4v) is 2.24. The van der Waals surface area contributed by atoms with E-state index in [1.165, 1.54) is 12.1 Å². The van der Waals surface area contributed by atoms with Gasteiger partial charge in [0, 0.05) is 5.69 Å². The van der Waals surface area contributed by atoms with Gasteiger partial charge in [0.25, 0.3) is 0 Å². The number of nitrogens with zero attached hydrogens (tertiary/aromatic N) is 1. The van der Waals surface area contributed by atoms with Gasteiger partial charge in [0.2, 0.25) is 0 Å². The van der Waals surface area contributed by atoms with E-state index < -0.39 is 12.5 Å². The molecule has 148 valence electrons. The van der Waals surface area contributed by atoms with Crippen LogP contribution in [-0.2, 0) is 6.42 Å². The van der Waals surface area contributed by atoms with Crippen molar-refractivity contribution >= 4 is 35.6 Å². The Morgan fingerprint density at radius 3 is 2.48 bits per heavy atom. The highest BCUT2D eigenvalue weighted by atomic mass is 127. The van der Waals surface area contributed by atoms with Gasteiger partial charge < -0.3 is 20.9 Å². The summed E-state index contributed by atoms with van der Waals surface area (Å²) in [5, 5.41) is 13.0. The zero-order valence-corrected chi connectivity index (χ0v) is 16.9. The van der Waals surface area contributed by atoms with Crippen molar-refractivity contribution in [2.75, 3.05) is 11.9 Å². The van der Waals surface area contributed by atoms with Crippen molar-refractivity contribution in [2.24, 2.45) is 10.7 Å². The summed E-state index contributed by atoms with van der Waals surface area (Å²) in [5.74, 6) is -0.219. The number of hydrogen-bond acceptors (Lipinski definition) is 3. The standard InChI is InChI=1S/C18H20F3N3O2.HI/c1-2-12-4-3-5-14(10-12)24-17(22)23-11-16(25)13-6-8-15(9-7-13)26-18(19,20)21;/h3-10,16,25H,2,11H2,1H3,(H3,22,23,24);1H. The summed E-state index contributed by atoms with van der Waals surface area (Å²) in [6.45, 7) is 2.00. The zero-order valence-electron chi connectivity index (χ0n) is 14.5. The Morgan fingerprint density at radius 1 is 1.22 bits per heavy atom. The third-order valence-corrected chi connectivity index (χ3v) is 3.54. The molecule has 9 heteroatoms. The van der Waals surface area contributed by atoms with Crippen LogP contribution in [0, 0.1) is 0 Å². The average molecular weight is 495 g/mol. The Morgan fingerprint density at radius 2 is 1.89 bits per heavy atom. The lowest BCUT2D eigenvalue weighted by Crippen LogP contribution is -2.23. The first-order valence-corrected chi connectivity index (χ1v) is 7.96. The molecular formula is C18H21F3IN3O2. The van der Waals surface area contributed by atoms with Crippen molar-refractivity contribution in [1.29, 1.82) is 0 Å². The number of aryl methyl sites for hydroxylation is 1. The molecule has 0 amide bonds. The van der Waals surface area contributed by atoms with Gasteiger partial charge in [0.15, 0.2) is 5.96 Å². The molecule has 1 unspecified atom stereocenters. The zero-order chi connectivity index (χ0) is 19.2. The molecule has 0 saturated heterocycles. The molecule has 0 radical (unpaired) electrons. The molecule has 0 aliphatic carbocycles. The predicted molar refractivity (Wildman–Crippen MR) is 109 cm³/mol. The molecule has 0 fully saturated rings. The lowest BCUT2D eigenvalue weighted by Gasteiger charge is -2.12. The van der Waals surface area contributed by atoms with Gasteiger partial charge in [-0.1, -0.05) is 31.2 Å². The van der Waals surface area contributed by atoms with E-state index in [-0.39, 0.29) is 42.2 Å². The van der Waals surface area contributed by atoms with Gasteiger partial charge in [0.05, 0.1) is 12.6 Å². The Kier molecular flexibility index (Phi) is 8.83. The molecule has 2 rings (SSSR count). The number of aliphatic hydroxyl groups is 1. The summed E-state index contributed by atoms with van der Waals surface area (Å²) < 4.78 is 40.2. The second kappa shape index (κ2) is 10.4. The van der Waals surface area contributed by atoms with Crippen LogP contribution < -0.4 is 15.8 Å². The average Bonchev–Trinajstić information content (AvgIpc) is 2.59.